The number of imide groups is 1. The topological polar surface area (TPSA) is 46.6 Å². The summed E-state index contributed by atoms with van der Waals surface area (Å²) in [6.07, 6.45) is 1.71. The summed E-state index contributed by atoms with van der Waals surface area (Å²) < 4.78 is 4.79. The summed E-state index contributed by atoms with van der Waals surface area (Å²) in [5.74, 6) is -0.114. The van der Waals surface area contributed by atoms with Crippen LogP contribution in [0.25, 0.3) is 0 Å². The first kappa shape index (κ1) is 10.0. The van der Waals surface area contributed by atoms with Gasteiger partial charge >= 0.3 is 6.09 Å². The molecule has 0 aliphatic carbocycles. The number of carbonyl (C=O) groups is 2. The summed E-state index contributed by atoms with van der Waals surface area (Å²) in [5.41, 5.74) is 0. The Morgan fingerprint density at radius 2 is 2.38 bits per heavy atom. The molecule has 0 bridgehead atoms. The minimum Gasteiger partial charge on any atom is -0.449 e. The van der Waals surface area contributed by atoms with Crippen LogP contribution in [0.2, 0.25) is 0 Å². The highest BCUT2D eigenvalue weighted by Gasteiger charge is 2.30. The standard InChI is InChI=1S/C9H15NO3/c1-3-13-9(12)10-7(2)5-4-6-8(10)11/h7H,3-6H2,1-2H3. The first-order valence-corrected chi connectivity index (χ1v) is 4.65. The number of carbonyl (C=O) groups excluding carboxylic acids is 2. The number of likely N-dealkylation sites (tertiary alicyclic amines) is 1. The van der Waals surface area contributed by atoms with Crippen LogP contribution < -0.4 is 0 Å². The second-order valence-corrected chi connectivity index (χ2v) is 3.20. The second-order valence-electron chi connectivity index (χ2n) is 3.20. The summed E-state index contributed by atoms with van der Waals surface area (Å²) in [6, 6.07) is -0.0136. The van der Waals surface area contributed by atoms with E-state index in [0.717, 1.165) is 12.8 Å². The van der Waals surface area contributed by atoms with Crippen LogP contribution in [0.4, 0.5) is 4.79 Å². The fraction of sp³-hybridized carbons (Fsp3) is 0.778. The first-order valence-electron chi connectivity index (χ1n) is 4.65. The van der Waals surface area contributed by atoms with Crippen molar-refractivity contribution < 1.29 is 14.3 Å². The molecule has 0 aromatic rings. The van der Waals surface area contributed by atoms with Gasteiger partial charge in [0.1, 0.15) is 0 Å². The van der Waals surface area contributed by atoms with Crippen molar-refractivity contribution in [2.24, 2.45) is 0 Å². The summed E-state index contributed by atoms with van der Waals surface area (Å²) in [6.45, 7) is 3.92. The van der Waals surface area contributed by atoms with Crippen LogP contribution >= 0.6 is 0 Å². The van der Waals surface area contributed by atoms with Crippen LogP contribution in [0.15, 0.2) is 0 Å². The first-order chi connectivity index (χ1) is 6.16. The zero-order valence-corrected chi connectivity index (χ0v) is 8.08. The average molecular weight is 185 g/mol. The van der Waals surface area contributed by atoms with Gasteiger partial charge in [-0.25, -0.2) is 9.69 Å². The summed E-state index contributed by atoms with van der Waals surface area (Å²) in [4.78, 5) is 23.9. The Kier molecular flexibility index (Phi) is 3.28. The number of rotatable bonds is 1. The third kappa shape index (κ3) is 2.20. The van der Waals surface area contributed by atoms with E-state index in [0.29, 0.717) is 13.0 Å². The lowest BCUT2D eigenvalue weighted by Crippen LogP contribution is -2.46. The van der Waals surface area contributed by atoms with Crippen LogP contribution in [0.1, 0.15) is 33.1 Å². The zero-order valence-electron chi connectivity index (χ0n) is 8.08. The van der Waals surface area contributed by atoms with E-state index < -0.39 is 6.09 Å². The Bertz CT molecular complexity index is 215. The Hall–Kier alpha value is -1.06. The summed E-state index contributed by atoms with van der Waals surface area (Å²) in [7, 11) is 0. The maximum atomic E-state index is 11.3. The van der Waals surface area contributed by atoms with Crippen molar-refractivity contribution in [2.45, 2.75) is 39.2 Å². The van der Waals surface area contributed by atoms with Crippen LogP contribution in [0.3, 0.4) is 0 Å². The van der Waals surface area contributed by atoms with E-state index in [4.69, 9.17) is 4.74 Å². The lowest BCUT2D eigenvalue weighted by Gasteiger charge is -2.30. The van der Waals surface area contributed by atoms with Gasteiger partial charge in [0.05, 0.1) is 6.61 Å². The van der Waals surface area contributed by atoms with Gasteiger partial charge in [0.15, 0.2) is 0 Å². The van der Waals surface area contributed by atoms with Gasteiger partial charge in [-0.3, -0.25) is 4.79 Å². The Balaban J connectivity index is 2.62. The SMILES string of the molecule is CCOC(=O)N1C(=O)CCCC1C. The van der Waals surface area contributed by atoms with Crippen LogP contribution in [-0.4, -0.2) is 29.5 Å². The molecule has 4 heteroatoms. The van der Waals surface area contributed by atoms with Crippen molar-refractivity contribution in [1.82, 2.24) is 4.90 Å². The Morgan fingerprint density at radius 3 is 2.92 bits per heavy atom. The minimum absolute atomic E-state index is 0.0136. The number of hydrogen-bond acceptors (Lipinski definition) is 3. The largest absolute Gasteiger partial charge is 0.449 e. The fourth-order valence-electron chi connectivity index (χ4n) is 1.52. The number of nitrogens with zero attached hydrogens (tertiary/aromatic N) is 1. The molecule has 13 heavy (non-hydrogen) atoms. The van der Waals surface area contributed by atoms with Crippen molar-refractivity contribution in [3.8, 4) is 0 Å². The normalized spacial score (nSPS) is 23.1. The monoisotopic (exact) mass is 185 g/mol. The molecule has 0 saturated carbocycles. The van der Waals surface area contributed by atoms with E-state index >= 15 is 0 Å². The molecule has 0 N–H and O–H groups in total. The van der Waals surface area contributed by atoms with Gasteiger partial charge < -0.3 is 4.74 Å². The molecule has 0 aromatic heterocycles. The van der Waals surface area contributed by atoms with E-state index in [-0.39, 0.29) is 11.9 Å². The Labute approximate surface area is 77.8 Å². The molecular formula is C9H15NO3. The minimum atomic E-state index is -0.500. The quantitative estimate of drug-likeness (QED) is 0.622. The van der Waals surface area contributed by atoms with Crippen molar-refractivity contribution in [2.75, 3.05) is 6.61 Å². The van der Waals surface area contributed by atoms with Crippen LogP contribution in [0.5, 0.6) is 0 Å². The molecule has 74 valence electrons. The van der Waals surface area contributed by atoms with E-state index in [2.05, 4.69) is 0 Å². The second kappa shape index (κ2) is 4.25. The maximum Gasteiger partial charge on any atom is 0.416 e. The molecule has 1 atom stereocenters. The van der Waals surface area contributed by atoms with Gasteiger partial charge in [0.25, 0.3) is 0 Å². The van der Waals surface area contributed by atoms with Gasteiger partial charge in [0, 0.05) is 12.5 Å². The van der Waals surface area contributed by atoms with E-state index in [1.807, 2.05) is 6.92 Å². The van der Waals surface area contributed by atoms with Crippen LogP contribution in [0, 0.1) is 0 Å². The molecule has 2 amide bonds. The van der Waals surface area contributed by atoms with E-state index in [1.165, 1.54) is 4.90 Å². The predicted octanol–water partition coefficient (Wildman–Crippen LogP) is 1.54. The smallest absolute Gasteiger partial charge is 0.416 e. The molecule has 0 aromatic carbocycles. The van der Waals surface area contributed by atoms with Gasteiger partial charge in [-0.2, -0.15) is 0 Å². The molecule has 0 radical (unpaired) electrons. The van der Waals surface area contributed by atoms with Crippen LogP contribution in [-0.2, 0) is 9.53 Å². The molecular weight excluding hydrogens is 170 g/mol. The highest BCUT2D eigenvalue weighted by Crippen LogP contribution is 2.18. The van der Waals surface area contributed by atoms with Gasteiger partial charge in [-0.1, -0.05) is 0 Å². The van der Waals surface area contributed by atoms with Gasteiger partial charge in [-0.05, 0) is 26.7 Å². The lowest BCUT2D eigenvalue weighted by molar-refractivity contribution is -0.133. The Morgan fingerprint density at radius 1 is 1.69 bits per heavy atom. The third-order valence-corrected chi connectivity index (χ3v) is 2.19. The highest BCUT2D eigenvalue weighted by atomic mass is 16.6. The number of hydrogen-bond donors (Lipinski definition) is 0. The molecule has 1 heterocycles. The molecule has 1 saturated heterocycles. The van der Waals surface area contributed by atoms with Crippen molar-refractivity contribution in [3.05, 3.63) is 0 Å². The van der Waals surface area contributed by atoms with E-state index in [9.17, 15) is 9.59 Å². The molecule has 4 nitrogen and oxygen atoms in total. The number of amides is 2. The van der Waals surface area contributed by atoms with E-state index in [1.54, 1.807) is 6.92 Å². The molecule has 1 aliphatic rings. The van der Waals surface area contributed by atoms with Crippen molar-refractivity contribution >= 4 is 12.0 Å². The number of piperidine rings is 1. The highest BCUT2D eigenvalue weighted by molar-refractivity contribution is 5.92. The van der Waals surface area contributed by atoms with Gasteiger partial charge in [-0.15, -0.1) is 0 Å². The van der Waals surface area contributed by atoms with Crippen molar-refractivity contribution in [1.29, 1.82) is 0 Å². The molecule has 0 spiro atoms. The molecule has 1 fully saturated rings. The lowest BCUT2D eigenvalue weighted by atomic mass is 10.0. The summed E-state index contributed by atoms with van der Waals surface area (Å²) >= 11 is 0. The zero-order chi connectivity index (χ0) is 9.84. The predicted molar refractivity (Wildman–Crippen MR) is 47.2 cm³/mol. The third-order valence-electron chi connectivity index (χ3n) is 2.19. The summed E-state index contributed by atoms with van der Waals surface area (Å²) in [5, 5.41) is 0. The molecule has 1 rings (SSSR count). The fourth-order valence-corrected chi connectivity index (χ4v) is 1.52. The average Bonchev–Trinajstić information content (AvgIpc) is 2.04. The molecule has 1 aliphatic heterocycles. The van der Waals surface area contributed by atoms with Gasteiger partial charge in [0.2, 0.25) is 5.91 Å². The van der Waals surface area contributed by atoms with Crippen molar-refractivity contribution in [3.63, 3.8) is 0 Å². The number of ether oxygens (including phenoxy) is 1. The maximum absolute atomic E-state index is 11.3. The molecule has 1 unspecified atom stereocenters.